The summed E-state index contributed by atoms with van der Waals surface area (Å²) in [5.74, 6) is 0. The largest absolute Gasteiger partial charge is 0.315 e. The van der Waals surface area contributed by atoms with Crippen LogP contribution in [0.4, 0.5) is 0 Å². The molecule has 0 aromatic carbocycles. The zero-order valence-electron chi connectivity index (χ0n) is 8.01. The molecule has 2 aromatic rings. The van der Waals surface area contributed by atoms with Crippen molar-refractivity contribution in [3.05, 3.63) is 21.8 Å². The highest BCUT2D eigenvalue weighted by Gasteiger charge is 2.20. The van der Waals surface area contributed by atoms with Crippen molar-refractivity contribution in [3.8, 4) is 0 Å². The number of nitrogens with zero attached hydrogens (tertiary/aromatic N) is 3. The second-order valence-electron chi connectivity index (χ2n) is 3.62. The van der Waals surface area contributed by atoms with Gasteiger partial charge >= 0.3 is 0 Å². The lowest BCUT2D eigenvalue weighted by Crippen LogP contribution is -2.29. The van der Waals surface area contributed by atoms with Gasteiger partial charge in [0.15, 0.2) is 0 Å². The van der Waals surface area contributed by atoms with Crippen LogP contribution >= 0.6 is 11.3 Å². The standard InChI is InChI=1S/C9H10N4OS/c14-9-8-7(2-4-15-8)11-12-13(9)6-1-3-10-5-6/h2,4,6,10H,1,3,5H2/t6-/m0/s1. The van der Waals surface area contributed by atoms with E-state index in [2.05, 4.69) is 15.6 Å². The van der Waals surface area contributed by atoms with E-state index in [9.17, 15) is 4.79 Å². The van der Waals surface area contributed by atoms with Gasteiger partial charge in [-0.15, -0.1) is 16.4 Å². The fourth-order valence-electron chi connectivity index (χ4n) is 1.87. The van der Waals surface area contributed by atoms with E-state index in [-0.39, 0.29) is 11.6 Å². The molecule has 0 spiro atoms. The van der Waals surface area contributed by atoms with Crippen molar-refractivity contribution in [2.24, 2.45) is 0 Å². The first-order chi connectivity index (χ1) is 7.36. The Balaban J connectivity index is 2.18. The Morgan fingerprint density at radius 1 is 1.60 bits per heavy atom. The van der Waals surface area contributed by atoms with Gasteiger partial charge in [0.05, 0.1) is 6.04 Å². The van der Waals surface area contributed by atoms with Crippen molar-refractivity contribution in [2.75, 3.05) is 13.1 Å². The number of hydrogen-bond donors (Lipinski definition) is 1. The number of nitrogens with one attached hydrogen (secondary N) is 1. The average molecular weight is 222 g/mol. The summed E-state index contributed by atoms with van der Waals surface area (Å²) in [5, 5.41) is 13.1. The number of thiophene rings is 1. The Labute approximate surface area is 89.7 Å². The molecule has 6 heteroatoms. The van der Waals surface area contributed by atoms with E-state index in [0.29, 0.717) is 10.2 Å². The van der Waals surface area contributed by atoms with Gasteiger partial charge in [-0.2, -0.15) is 0 Å². The van der Waals surface area contributed by atoms with Crippen LogP contribution in [0, 0.1) is 0 Å². The number of rotatable bonds is 1. The van der Waals surface area contributed by atoms with Crippen LogP contribution in [0.1, 0.15) is 12.5 Å². The molecule has 0 aliphatic carbocycles. The maximum Gasteiger partial charge on any atom is 0.288 e. The topological polar surface area (TPSA) is 59.8 Å². The van der Waals surface area contributed by atoms with Crippen molar-refractivity contribution < 1.29 is 0 Å². The minimum absolute atomic E-state index is 0.0105. The Bertz CT molecular complexity index is 540. The summed E-state index contributed by atoms with van der Waals surface area (Å²) in [6.45, 7) is 1.76. The van der Waals surface area contributed by atoms with Gasteiger partial charge in [-0.25, -0.2) is 4.68 Å². The third-order valence-corrected chi connectivity index (χ3v) is 3.57. The summed E-state index contributed by atoms with van der Waals surface area (Å²) in [5.41, 5.74) is 0.691. The van der Waals surface area contributed by atoms with Crippen LogP contribution in [-0.2, 0) is 0 Å². The summed E-state index contributed by atoms with van der Waals surface area (Å²) in [4.78, 5) is 12.0. The summed E-state index contributed by atoms with van der Waals surface area (Å²) < 4.78 is 2.22. The number of fused-ring (bicyclic) bond motifs is 1. The van der Waals surface area contributed by atoms with E-state index in [0.717, 1.165) is 19.5 Å². The highest BCUT2D eigenvalue weighted by molar-refractivity contribution is 7.17. The van der Waals surface area contributed by atoms with Gasteiger partial charge in [0.2, 0.25) is 0 Å². The fraction of sp³-hybridized carbons (Fsp3) is 0.444. The Kier molecular flexibility index (Phi) is 2.03. The lowest BCUT2D eigenvalue weighted by atomic mass is 10.3. The van der Waals surface area contributed by atoms with Crippen LogP contribution in [0.2, 0.25) is 0 Å². The quantitative estimate of drug-likeness (QED) is 0.758. The van der Waals surface area contributed by atoms with Crippen LogP contribution in [-0.4, -0.2) is 28.1 Å². The van der Waals surface area contributed by atoms with E-state index in [1.165, 1.54) is 16.0 Å². The highest BCUT2D eigenvalue weighted by atomic mass is 32.1. The summed E-state index contributed by atoms with van der Waals surface area (Å²) >= 11 is 1.43. The van der Waals surface area contributed by atoms with Crippen LogP contribution in [0.3, 0.4) is 0 Å². The molecule has 3 rings (SSSR count). The molecule has 1 N–H and O–H groups in total. The molecule has 5 nitrogen and oxygen atoms in total. The first-order valence-corrected chi connectivity index (χ1v) is 5.77. The first-order valence-electron chi connectivity index (χ1n) is 4.89. The molecule has 0 bridgehead atoms. The predicted octanol–water partition coefficient (Wildman–Crippen LogP) is 0.387. The average Bonchev–Trinajstić information content (AvgIpc) is 2.87. The summed E-state index contributed by atoms with van der Waals surface area (Å²) in [6.07, 6.45) is 0.950. The minimum Gasteiger partial charge on any atom is -0.315 e. The molecular weight excluding hydrogens is 212 g/mol. The van der Waals surface area contributed by atoms with E-state index < -0.39 is 0 Å². The van der Waals surface area contributed by atoms with Gasteiger partial charge in [-0.3, -0.25) is 4.79 Å². The molecule has 0 radical (unpaired) electrons. The zero-order valence-corrected chi connectivity index (χ0v) is 8.83. The van der Waals surface area contributed by atoms with Crippen molar-refractivity contribution >= 4 is 21.6 Å². The summed E-state index contributed by atoms with van der Waals surface area (Å²) in [7, 11) is 0. The number of aromatic nitrogens is 3. The number of hydrogen-bond acceptors (Lipinski definition) is 5. The molecule has 1 aliphatic heterocycles. The Hall–Kier alpha value is -1.27. The highest BCUT2D eigenvalue weighted by Crippen LogP contribution is 2.15. The normalized spacial score (nSPS) is 21.2. The molecule has 3 heterocycles. The maximum absolute atomic E-state index is 12.0. The molecule has 1 atom stereocenters. The van der Waals surface area contributed by atoms with E-state index >= 15 is 0 Å². The van der Waals surface area contributed by atoms with Gasteiger partial charge in [-0.1, -0.05) is 5.21 Å². The van der Waals surface area contributed by atoms with Crippen LogP contribution in [0.5, 0.6) is 0 Å². The monoisotopic (exact) mass is 222 g/mol. The van der Waals surface area contributed by atoms with Crippen LogP contribution < -0.4 is 10.9 Å². The minimum atomic E-state index is -0.0105. The second kappa shape index (κ2) is 3.39. The fourth-order valence-corrected chi connectivity index (χ4v) is 2.63. The molecule has 0 unspecified atom stereocenters. The molecule has 0 amide bonds. The summed E-state index contributed by atoms with van der Waals surface area (Å²) in [6, 6.07) is 1.99. The zero-order chi connectivity index (χ0) is 10.3. The molecule has 78 valence electrons. The maximum atomic E-state index is 12.0. The van der Waals surface area contributed by atoms with Crippen LogP contribution in [0.15, 0.2) is 16.2 Å². The third-order valence-electron chi connectivity index (χ3n) is 2.68. The molecule has 0 saturated carbocycles. The van der Waals surface area contributed by atoms with Crippen molar-refractivity contribution in [1.82, 2.24) is 20.3 Å². The Morgan fingerprint density at radius 2 is 2.53 bits per heavy atom. The third kappa shape index (κ3) is 1.37. The Morgan fingerprint density at radius 3 is 3.33 bits per heavy atom. The molecular formula is C9H10N4OS. The van der Waals surface area contributed by atoms with Gasteiger partial charge in [-0.05, 0) is 24.4 Å². The lowest BCUT2D eigenvalue weighted by molar-refractivity contribution is 0.449. The molecule has 2 aromatic heterocycles. The van der Waals surface area contributed by atoms with Crippen molar-refractivity contribution in [2.45, 2.75) is 12.5 Å². The van der Waals surface area contributed by atoms with E-state index in [1.807, 2.05) is 11.4 Å². The van der Waals surface area contributed by atoms with Gasteiger partial charge in [0, 0.05) is 6.54 Å². The van der Waals surface area contributed by atoms with Crippen LogP contribution in [0.25, 0.3) is 10.2 Å². The SMILES string of the molecule is O=c1c2sccc2nnn1[C@H]1CCNC1. The van der Waals surface area contributed by atoms with E-state index in [4.69, 9.17) is 0 Å². The van der Waals surface area contributed by atoms with Crippen molar-refractivity contribution in [3.63, 3.8) is 0 Å². The lowest BCUT2D eigenvalue weighted by Gasteiger charge is -2.08. The van der Waals surface area contributed by atoms with Gasteiger partial charge in [0.1, 0.15) is 10.2 Å². The smallest absolute Gasteiger partial charge is 0.288 e. The predicted molar refractivity (Wildman–Crippen MR) is 58.2 cm³/mol. The molecule has 15 heavy (non-hydrogen) atoms. The molecule has 1 fully saturated rings. The first kappa shape index (κ1) is 8.99. The van der Waals surface area contributed by atoms with Crippen molar-refractivity contribution in [1.29, 1.82) is 0 Å². The molecule has 1 aliphatic rings. The molecule has 1 saturated heterocycles. The van der Waals surface area contributed by atoms with Gasteiger partial charge in [0.25, 0.3) is 5.56 Å². The van der Waals surface area contributed by atoms with E-state index in [1.54, 1.807) is 0 Å². The van der Waals surface area contributed by atoms with Gasteiger partial charge < -0.3 is 5.32 Å². The second-order valence-corrected chi connectivity index (χ2v) is 4.54.